The molecule has 4 heterocycles. The number of rotatable bonds is 7. The predicted octanol–water partition coefficient (Wildman–Crippen LogP) is 7.96. The van der Waals surface area contributed by atoms with Gasteiger partial charge in [0, 0.05) is 74.4 Å². The number of benzene rings is 1. The Bertz CT molecular complexity index is 1580. The maximum absolute atomic E-state index is 14.6. The Morgan fingerprint density at radius 3 is 2.48 bits per heavy atom. The number of hydrogen-bond acceptors (Lipinski definition) is 5. The summed E-state index contributed by atoms with van der Waals surface area (Å²) in [5.41, 5.74) is 5.34. The molecule has 0 unspecified atom stereocenters. The van der Waals surface area contributed by atoms with Gasteiger partial charge in [-0.2, -0.15) is 10.2 Å². The third-order valence-electron chi connectivity index (χ3n) is 11.0. The summed E-state index contributed by atoms with van der Waals surface area (Å²) >= 11 is 0. The molecule has 6 rings (SSSR count). The molecule has 0 bridgehead atoms. The Balaban J connectivity index is 1.31. The zero-order valence-corrected chi connectivity index (χ0v) is 29.6. The van der Waals surface area contributed by atoms with Crippen LogP contribution in [0.5, 0.6) is 0 Å². The predicted molar refractivity (Wildman–Crippen MR) is 180 cm³/mol. The molecule has 1 saturated carbocycles. The first-order valence-electron chi connectivity index (χ1n) is 16.9. The molecule has 0 atom stereocenters. The van der Waals surface area contributed by atoms with Crippen LogP contribution in [0, 0.1) is 5.92 Å². The van der Waals surface area contributed by atoms with Gasteiger partial charge in [0.05, 0.1) is 18.8 Å². The lowest BCUT2D eigenvalue weighted by Crippen LogP contribution is -2.42. The summed E-state index contributed by atoms with van der Waals surface area (Å²) in [7, 11) is 0.00696. The van der Waals surface area contributed by atoms with Crippen LogP contribution in [0.2, 0.25) is 18.1 Å². The molecule has 2 aliphatic heterocycles. The summed E-state index contributed by atoms with van der Waals surface area (Å²) < 4.78 is 39.6. The van der Waals surface area contributed by atoms with E-state index in [2.05, 4.69) is 48.5 Å². The number of amides is 1. The SMILES string of the molecule is CC(=O)N1CCc2c(c(N3CCCc4cc(-c5cnn(C)c5)c(C(F)F)cc43)nn2C2CCC(CO[Si](C)(C)C(C)(C)C)CC2)C1. The quantitative estimate of drug-likeness (QED) is 0.242. The second-order valence-electron chi connectivity index (χ2n) is 15.2. The van der Waals surface area contributed by atoms with Crippen molar-refractivity contribution in [2.45, 2.75) is 110 Å². The van der Waals surface area contributed by atoms with E-state index in [1.165, 1.54) is 5.69 Å². The summed E-state index contributed by atoms with van der Waals surface area (Å²) in [6.07, 6.45) is 7.55. The van der Waals surface area contributed by atoms with E-state index in [0.717, 1.165) is 74.2 Å². The minimum absolute atomic E-state index is 0.00977. The van der Waals surface area contributed by atoms with Crippen LogP contribution in [0.4, 0.5) is 20.3 Å². The van der Waals surface area contributed by atoms with Crippen molar-refractivity contribution < 1.29 is 18.0 Å². The number of carbonyl (C=O) groups excluding carboxylic acids is 1. The molecule has 3 aromatic rings. The Kier molecular flexibility index (Phi) is 8.95. The lowest BCUT2D eigenvalue weighted by atomic mass is 9.86. The third-order valence-corrected chi connectivity index (χ3v) is 15.5. The number of aryl methyl sites for hydroxylation is 2. The van der Waals surface area contributed by atoms with E-state index < -0.39 is 14.7 Å². The topological polar surface area (TPSA) is 68.4 Å². The first-order chi connectivity index (χ1) is 21.7. The minimum atomic E-state index is -2.63. The lowest BCUT2D eigenvalue weighted by molar-refractivity contribution is -0.129. The number of carbonyl (C=O) groups is 1. The Labute approximate surface area is 273 Å². The Morgan fingerprint density at radius 2 is 1.85 bits per heavy atom. The van der Waals surface area contributed by atoms with Crippen molar-refractivity contribution in [3.8, 4) is 11.1 Å². The zero-order chi connectivity index (χ0) is 33.0. The van der Waals surface area contributed by atoms with Crippen molar-refractivity contribution in [1.29, 1.82) is 0 Å². The molecular weight excluding hydrogens is 603 g/mol. The van der Waals surface area contributed by atoms with E-state index >= 15 is 0 Å². The van der Waals surface area contributed by atoms with E-state index in [4.69, 9.17) is 9.52 Å². The number of anilines is 2. The number of hydrogen-bond donors (Lipinski definition) is 0. The number of halogens is 2. The molecule has 250 valence electrons. The van der Waals surface area contributed by atoms with E-state index in [1.807, 2.05) is 11.0 Å². The van der Waals surface area contributed by atoms with Crippen molar-refractivity contribution in [1.82, 2.24) is 24.5 Å². The Morgan fingerprint density at radius 1 is 1.11 bits per heavy atom. The fraction of sp³-hybridized carbons (Fsp3) is 0.629. The normalized spacial score (nSPS) is 20.7. The molecule has 1 fully saturated rings. The maximum atomic E-state index is 14.6. The fourth-order valence-electron chi connectivity index (χ4n) is 7.17. The molecule has 1 aliphatic carbocycles. The molecule has 3 aliphatic rings. The van der Waals surface area contributed by atoms with Gasteiger partial charge in [-0.25, -0.2) is 8.78 Å². The summed E-state index contributed by atoms with van der Waals surface area (Å²) in [4.78, 5) is 16.5. The summed E-state index contributed by atoms with van der Waals surface area (Å²) in [6.45, 7) is 15.8. The molecule has 0 N–H and O–H groups in total. The molecule has 46 heavy (non-hydrogen) atoms. The highest BCUT2D eigenvalue weighted by Gasteiger charge is 2.39. The second kappa shape index (κ2) is 12.5. The fourth-order valence-corrected chi connectivity index (χ4v) is 8.26. The molecular formula is C35H50F2N6O2Si. The van der Waals surface area contributed by atoms with Crippen molar-refractivity contribution in [2.24, 2.45) is 13.0 Å². The molecule has 0 saturated heterocycles. The summed E-state index contributed by atoms with van der Waals surface area (Å²) in [5.74, 6) is 1.42. The number of fused-ring (bicyclic) bond motifs is 2. The van der Waals surface area contributed by atoms with Crippen molar-refractivity contribution >= 4 is 25.7 Å². The number of aromatic nitrogens is 4. The highest BCUT2D eigenvalue weighted by molar-refractivity contribution is 6.74. The molecule has 0 spiro atoms. The smallest absolute Gasteiger partial charge is 0.264 e. The Hall–Kier alpha value is -3.05. The molecule has 11 heteroatoms. The van der Waals surface area contributed by atoms with Crippen molar-refractivity contribution in [3.63, 3.8) is 0 Å². The van der Waals surface area contributed by atoms with Crippen LogP contribution >= 0.6 is 0 Å². The second-order valence-corrected chi connectivity index (χ2v) is 20.0. The van der Waals surface area contributed by atoms with Crippen LogP contribution in [0.1, 0.15) is 94.7 Å². The van der Waals surface area contributed by atoms with Crippen LogP contribution < -0.4 is 4.90 Å². The van der Waals surface area contributed by atoms with Crippen LogP contribution in [0.15, 0.2) is 24.5 Å². The van der Waals surface area contributed by atoms with Gasteiger partial charge in [0.25, 0.3) is 6.43 Å². The third kappa shape index (κ3) is 6.29. The van der Waals surface area contributed by atoms with Gasteiger partial charge in [0.15, 0.2) is 14.1 Å². The number of nitrogens with zero attached hydrogens (tertiary/aromatic N) is 6. The van der Waals surface area contributed by atoms with Crippen molar-refractivity contribution in [2.75, 3.05) is 24.6 Å². The summed E-state index contributed by atoms with van der Waals surface area (Å²) in [5, 5.41) is 9.74. The zero-order valence-electron chi connectivity index (χ0n) is 28.6. The van der Waals surface area contributed by atoms with Crippen LogP contribution in [-0.2, 0) is 35.7 Å². The van der Waals surface area contributed by atoms with E-state index in [-0.39, 0.29) is 22.6 Å². The highest BCUT2D eigenvalue weighted by Crippen LogP contribution is 2.45. The summed E-state index contributed by atoms with van der Waals surface area (Å²) in [6, 6.07) is 3.88. The molecule has 1 amide bonds. The van der Waals surface area contributed by atoms with Crippen molar-refractivity contribution in [3.05, 3.63) is 46.9 Å². The molecule has 1 aromatic carbocycles. The van der Waals surface area contributed by atoms with Gasteiger partial charge in [-0.15, -0.1) is 0 Å². The monoisotopic (exact) mass is 652 g/mol. The van der Waals surface area contributed by atoms with Gasteiger partial charge in [0.1, 0.15) is 0 Å². The van der Waals surface area contributed by atoms with Crippen LogP contribution in [0.3, 0.4) is 0 Å². The average molecular weight is 653 g/mol. The molecule has 2 aromatic heterocycles. The lowest BCUT2D eigenvalue weighted by Gasteiger charge is -2.38. The first kappa shape index (κ1) is 32.9. The first-order valence-corrected chi connectivity index (χ1v) is 19.9. The average Bonchev–Trinajstić information content (AvgIpc) is 3.62. The molecule has 8 nitrogen and oxygen atoms in total. The van der Waals surface area contributed by atoms with Crippen LogP contribution in [-0.4, -0.2) is 58.4 Å². The number of alkyl halides is 2. The van der Waals surface area contributed by atoms with Gasteiger partial charge >= 0.3 is 0 Å². The van der Waals surface area contributed by atoms with Gasteiger partial charge in [0.2, 0.25) is 5.91 Å². The standard InChI is InChI=1S/C35H50F2N6O2Si/c1-23(44)41-16-14-31-30(21-41)34(39-43(31)27-12-10-24(11-13-27)22-45-46(6,7)35(2,3)4)42-15-8-9-25-17-28(26-19-38-40(5)20-26)29(33(36)37)18-32(25)42/h17-20,24,27,33H,8-16,21-22H2,1-7H3. The molecule has 0 radical (unpaired) electrons. The van der Waals surface area contributed by atoms with E-state index in [0.29, 0.717) is 36.7 Å². The largest absolute Gasteiger partial charge is 0.417 e. The maximum Gasteiger partial charge on any atom is 0.264 e. The van der Waals surface area contributed by atoms with Gasteiger partial charge in [-0.05, 0) is 85.8 Å². The van der Waals surface area contributed by atoms with E-state index in [1.54, 1.807) is 37.1 Å². The van der Waals surface area contributed by atoms with Gasteiger partial charge < -0.3 is 14.2 Å². The van der Waals surface area contributed by atoms with Gasteiger partial charge in [-0.3, -0.25) is 14.2 Å². The highest BCUT2D eigenvalue weighted by atomic mass is 28.4. The van der Waals surface area contributed by atoms with E-state index in [9.17, 15) is 13.6 Å². The van der Waals surface area contributed by atoms with Gasteiger partial charge in [-0.1, -0.05) is 20.8 Å². The van der Waals surface area contributed by atoms with Crippen LogP contribution in [0.25, 0.3) is 11.1 Å². The minimum Gasteiger partial charge on any atom is -0.417 e.